The highest BCUT2D eigenvalue weighted by Crippen LogP contribution is 2.34. The van der Waals surface area contributed by atoms with E-state index < -0.39 is 5.60 Å². The minimum atomic E-state index is -0.790. The molecule has 0 amide bonds. The number of nitrogens with one attached hydrogen (secondary N) is 1. The molecule has 2 rings (SSSR count). The number of aliphatic hydroxyl groups is 1. The molecule has 1 heterocycles. The van der Waals surface area contributed by atoms with Crippen molar-refractivity contribution in [2.24, 2.45) is 0 Å². The van der Waals surface area contributed by atoms with Crippen LogP contribution in [0.4, 0.5) is 0 Å². The van der Waals surface area contributed by atoms with Gasteiger partial charge in [-0.2, -0.15) is 0 Å². The van der Waals surface area contributed by atoms with E-state index in [1.54, 1.807) is 11.3 Å². The van der Waals surface area contributed by atoms with E-state index in [2.05, 4.69) is 55.7 Å². The molecule has 0 aliphatic carbocycles. The van der Waals surface area contributed by atoms with Gasteiger partial charge in [-0.3, -0.25) is 0 Å². The third-order valence-corrected chi connectivity index (χ3v) is 4.99. The fourth-order valence-corrected chi connectivity index (χ4v) is 3.54. The summed E-state index contributed by atoms with van der Waals surface area (Å²) in [6, 6.07) is 8.54. The van der Waals surface area contributed by atoms with Gasteiger partial charge in [0.15, 0.2) is 0 Å². The molecule has 3 heteroatoms. The zero-order chi connectivity index (χ0) is 14.6. The molecule has 2 aromatic rings. The lowest BCUT2D eigenvalue weighted by Gasteiger charge is -2.35. The number of hydrogen-bond donors (Lipinski definition) is 2. The first kappa shape index (κ1) is 15.5. The van der Waals surface area contributed by atoms with Crippen molar-refractivity contribution < 1.29 is 5.11 Å². The van der Waals surface area contributed by atoms with Gasteiger partial charge in [0.05, 0.1) is 0 Å². The van der Waals surface area contributed by atoms with Crippen LogP contribution in [0.15, 0.2) is 29.6 Å². The molecule has 0 aliphatic heterocycles. The van der Waals surface area contributed by atoms with Gasteiger partial charge in [-0.05, 0) is 54.4 Å². The van der Waals surface area contributed by atoms with Gasteiger partial charge in [-0.15, -0.1) is 11.3 Å². The van der Waals surface area contributed by atoms with Gasteiger partial charge < -0.3 is 10.4 Å². The fourth-order valence-electron chi connectivity index (χ4n) is 2.77. The Labute approximate surface area is 125 Å². The zero-order valence-electron chi connectivity index (χ0n) is 12.6. The predicted molar refractivity (Wildman–Crippen MR) is 88.4 cm³/mol. The largest absolute Gasteiger partial charge is 0.384 e. The molecular formula is C17H25NOS. The lowest BCUT2D eigenvalue weighted by molar-refractivity contribution is -0.00713. The molecule has 0 saturated heterocycles. The topological polar surface area (TPSA) is 32.3 Å². The maximum atomic E-state index is 11.3. The van der Waals surface area contributed by atoms with Crippen LogP contribution in [-0.2, 0) is 5.60 Å². The number of unbranched alkanes of at least 4 members (excludes halogenated alkanes) is 1. The molecule has 20 heavy (non-hydrogen) atoms. The second-order valence-electron chi connectivity index (χ2n) is 5.48. The van der Waals surface area contributed by atoms with Crippen molar-refractivity contribution in [3.63, 3.8) is 0 Å². The number of rotatable bonds is 7. The van der Waals surface area contributed by atoms with E-state index >= 15 is 0 Å². The van der Waals surface area contributed by atoms with Gasteiger partial charge in [0.1, 0.15) is 5.60 Å². The van der Waals surface area contributed by atoms with Crippen LogP contribution in [0, 0.1) is 0 Å². The molecule has 1 aromatic heterocycles. The maximum absolute atomic E-state index is 11.3. The van der Waals surface area contributed by atoms with E-state index in [0.717, 1.165) is 31.4 Å². The summed E-state index contributed by atoms with van der Waals surface area (Å²) in [4.78, 5) is 0. The van der Waals surface area contributed by atoms with Crippen LogP contribution in [0.1, 0.15) is 45.6 Å². The van der Waals surface area contributed by atoms with Crippen LogP contribution in [-0.4, -0.2) is 17.7 Å². The molecule has 2 atom stereocenters. The van der Waals surface area contributed by atoms with E-state index in [1.807, 2.05) is 0 Å². The summed E-state index contributed by atoms with van der Waals surface area (Å²) >= 11 is 1.75. The molecule has 2 N–H and O–H groups in total. The Morgan fingerprint density at radius 1 is 1.30 bits per heavy atom. The minimum absolute atomic E-state index is 0.0511. The average Bonchev–Trinajstić information content (AvgIpc) is 2.92. The molecule has 2 nitrogen and oxygen atoms in total. The highest BCUT2D eigenvalue weighted by Gasteiger charge is 2.34. The van der Waals surface area contributed by atoms with Crippen molar-refractivity contribution in [2.75, 3.05) is 6.54 Å². The van der Waals surface area contributed by atoms with Crippen molar-refractivity contribution in [1.82, 2.24) is 5.32 Å². The number of fused-ring (bicyclic) bond motifs is 1. The van der Waals surface area contributed by atoms with E-state index in [-0.39, 0.29) is 6.04 Å². The van der Waals surface area contributed by atoms with Gasteiger partial charge in [0.2, 0.25) is 0 Å². The van der Waals surface area contributed by atoms with Crippen LogP contribution in [0.25, 0.3) is 10.1 Å². The Balaban J connectivity index is 2.37. The second-order valence-corrected chi connectivity index (χ2v) is 6.43. The van der Waals surface area contributed by atoms with Crippen molar-refractivity contribution in [3.05, 3.63) is 35.2 Å². The first-order chi connectivity index (χ1) is 9.61. The quantitative estimate of drug-likeness (QED) is 0.798. The van der Waals surface area contributed by atoms with Crippen molar-refractivity contribution in [3.8, 4) is 0 Å². The van der Waals surface area contributed by atoms with Crippen molar-refractivity contribution >= 4 is 21.4 Å². The minimum Gasteiger partial charge on any atom is -0.384 e. The molecule has 0 radical (unpaired) electrons. The Morgan fingerprint density at radius 2 is 2.10 bits per heavy atom. The third-order valence-electron chi connectivity index (χ3n) is 4.09. The number of likely N-dealkylation sites (N-methyl/N-ethyl adjacent to an activating group) is 1. The lowest BCUT2D eigenvalue weighted by Crippen LogP contribution is -2.46. The predicted octanol–water partition coefficient (Wildman–Crippen LogP) is 4.28. The Morgan fingerprint density at radius 3 is 2.80 bits per heavy atom. The fraction of sp³-hybridized carbons (Fsp3) is 0.529. The summed E-state index contributed by atoms with van der Waals surface area (Å²) in [6.07, 6.45) is 2.93. The Kier molecular flexibility index (Phi) is 5.19. The van der Waals surface area contributed by atoms with Gasteiger partial charge in [-0.1, -0.05) is 32.8 Å². The number of thiophene rings is 1. The van der Waals surface area contributed by atoms with E-state index in [9.17, 15) is 5.11 Å². The maximum Gasteiger partial charge on any atom is 0.105 e. The summed E-state index contributed by atoms with van der Waals surface area (Å²) in [7, 11) is 0. The van der Waals surface area contributed by atoms with Crippen molar-refractivity contribution in [2.45, 2.75) is 51.7 Å². The molecule has 0 aliphatic rings. The van der Waals surface area contributed by atoms with Crippen LogP contribution in [0.3, 0.4) is 0 Å². The van der Waals surface area contributed by atoms with Crippen LogP contribution in [0.2, 0.25) is 0 Å². The zero-order valence-corrected chi connectivity index (χ0v) is 13.5. The molecule has 1 aromatic carbocycles. The first-order valence-corrected chi connectivity index (χ1v) is 8.43. The standard InChI is InChI=1S/C17H25NOS/c1-4-6-10-17(19,13(3)18-5-2)15-7-8-16-14(12-15)9-11-20-16/h7-9,11-13,18-19H,4-6,10H2,1-3H3. The van der Waals surface area contributed by atoms with E-state index in [1.165, 1.54) is 10.1 Å². The smallest absolute Gasteiger partial charge is 0.105 e. The molecule has 0 spiro atoms. The Hall–Kier alpha value is -0.900. The van der Waals surface area contributed by atoms with Crippen LogP contribution >= 0.6 is 11.3 Å². The van der Waals surface area contributed by atoms with Gasteiger partial charge >= 0.3 is 0 Å². The van der Waals surface area contributed by atoms with E-state index in [4.69, 9.17) is 0 Å². The second kappa shape index (κ2) is 6.70. The van der Waals surface area contributed by atoms with Crippen LogP contribution in [0.5, 0.6) is 0 Å². The molecule has 0 saturated carbocycles. The van der Waals surface area contributed by atoms with Gasteiger partial charge in [0.25, 0.3) is 0 Å². The average molecular weight is 291 g/mol. The molecule has 0 bridgehead atoms. The summed E-state index contributed by atoms with van der Waals surface area (Å²) in [5.41, 5.74) is 0.243. The SMILES string of the molecule is CCCCC(O)(c1ccc2sccc2c1)C(C)NCC. The monoisotopic (exact) mass is 291 g/mol. The first-order valence-electron chi connectivity index (χ1n) is 7.55. The number of benzene rings is 1. The third kappa shape index (κ3) is 3.05. The molecule has 2 unspecified atom stereocenters. The van der Waals surface area contributed by atoms with E-state index in [0.29, 0.717) is 0 Å². The lowest BCUT2D eigenvalue weighted by atomic mass is 9.82. The number of hydrogen-bond acceptors (Lipinski definition) is 3. The Bertz CT molecular complexity index is 551. The normalized spacial score (nSPS) is 16.2. The summed E-state index contributed by atoms with van der Waals surface area (Å²) < 4.78 is 1.28. The van der Waals surface area contributed by atoms with Crippen LogP contribution < -0.4 is 5.32 Å². The molecule has 110 valence electrons. The molecular weight excluding hydrogens is 266 g/mol. The highest BCUT2D eigenvalue weighted by molar-refractivity contribution is 7.17. The highest BCUT2D eigenvalue weighted by atomic mass is 32.1. The van der Waals surface area contributed by atoms with Gasteiger partial charge in [-0.25, -0.2) is 0 Å². The summed E-state index contributed by atoms with van der Waals surface area (Å²) in [5.74, 6) is 0. The summed E-state index contributed by atoms with van der Waals surface area (Å²) in [6.45, 7) is 7.20. The summed E-state index contributed by atoms with van der Waals surface area (Å²) in [5, 5.41) is 18.0. The van der Waals surface area contributed by atoms with Gasteiger partial charge in [0, 0.05) is 10.7 Å². The van der Waals surface area contributed by atoms with Crippen molar-refractivity contribution in [1.29, 1.82) is 0 Å². The molecule has 0 fully saturated rings.